The fraction of sp³-hybridized carbons (Fsp3) is 0.458. The van der Waals surface area contributed by atoms with Crippen molar-refractivity contribution in [1.82, 2.24) is 25.9 Å². The highest BCUT2D eigenvalue weighted by Crippen LogP contribution is 2.09. The predicted molar refractivity (Wildman–Crippen MR) is 130 cm³/mol. The van der Waals surface area contributed by atoms with Gasteiger partial charge in [0.05, 0.1) is 19.0 Å². The summed E-state index contributed by atoms with van der Waals surface area (Å²) in [6, 6.07) is 4.22. The number of carboxylic acid groups (broad SMARTS) is 1. The molecule has 0 aliphatic carbocycles. The quantitative estimate of drug-likeness (QED) is 0.172. The van der Waals surface area contributed by atoms with E-state index in [1.165, 1.54) is 12.5 Å². The second kappa shape index (κ2) is 14.0. The van der Waals surface area contributed by atoms with Crippen LogP contribution >= 0.6 is 0 Å². The minimum absolute atomic E-state index is 0.0968. The number of hydrogen-bond donors (Lipinski definition) is 7. The number of hydrogen-bond acceptors (Lipinski definition) is 7. The van der Waals surface area contributed by atoms with Crippen molar-refractivity contribution < 1.29 is 29.4 Å². The van der Waals surface area contributed by atoms with E-state index in [0.717, 1.165) is 5.56 Å². The first kappa shape index (κ1) is 28.5. The van der Waals surface area contributed by atoms with E-state index in [1.807, 2.05) is 0 Å². The summed E-state index contributed by atoms with van der Waals surface area (Å²) >= 11 is 0. The number of aliphatic hydroxyl groups is 1. The molecule has 5 atom stereocenters. The van der Waals surface area contributed by atoms with Gasteiger partial charge in [0.1, 0.15) is 18.1 Å². The van der Waals surface area contributed by atoms with Crippen molar-refractivity contribution in [3.63, 3.8) is 0 Å². The number of aliphatic hydroxyl groups excluding tert-OH is 1. The second-order valence-corrected chi connectivity index (χ2v) is 8.59. The number of nitrogens with zero attached hydrogens (tertiary/aromatic N) is 1. The van der Waals surface area contributed by atoms with Crippen molar-refractivity contribution in [1.29, 1.82) is 0 Å². The van der Waals surface area contributed by atoms with E-state index in [1.54, 1.807) is 44.2 Å². The van der Waals surface area contributed by atoms with Gasteiger partial charge in [-0.2, -0.15) is 0 Å². The molecule has 0 saturated carbocycles. The smallest absolute Gasteiger partial charge is 0.326 e. The molecule has 0 aliphatic heterocycles. The van der Waals surface area contributed by atoms with Gasteiger partial charge in [-0.15, -0.1) is 0 Å². The van der Waals surface area contributed by atoms with Gasteiger partial charge in [0, 0.05) is 24.7 Å². The molecule has 0 spiro atoms. The first-order valence-corrected chi connectivity index (χ1v) is 11.7. The third-order valence-electron chi connectivity index (χ3n) is 5.84. The number of nitrogens with two attached hydrogens (primary N) is 1. The Kier molecular flexibility index (Phi) is 11.0. The Morgan fingerprint density at radius 1 is 1.00 bits per heavy atom. The molecule has 36 heavy (non-hydrogen) atoms. The number of carboxylic acids is 1. The van der Waals surface area contributed by atoms with Crippen LogP contribution in [0, 0.1) is 5.92 Å². The van der Waals surface area contributed by atoms with E-state index in [2.05, 4.69) is 25.9 Å². The lowest BCUT2D eigenvalue weighted by Crippen LogP contribution is -2.59. The molecule has 1 aromatic carbocycles. The highest BCUT2D eigenvalue weighted by atomic mass is 16.4. The lowest BCUT2D eigenvalue weighted by molar-refractivity contribution is -0.144. The molecule has 0 fully saturated rings. The zero-order valence-electron chi connectivity index (χ0n) is 20.3. The molecule has 8 N–H and O–H groups in total. The lowest BCUT2D eigenvalue weighted by atomic mass is 9.99. The summed E-state index contributed by atoms with van der Waals surface area (Å²) in [6.07, 6.45) is 3.76. The number of H-pyrrole nitrogens is 1. The van der Waals surface area contributed by atoms with E-state index >= 15 is 0 Å². The summed E-state index contributed by atoms with van der Waals surface area (Å²) in [5.74, 6) is -3.76. The number of imidazole rings is 1. The SMILES string of the molecule is CCC(C)C(NC(=O)C(CO)NC(=O)C(Cc1ccccc1)NC(=O)C(N)Cc1cnc[nH]1)C(=O)O. The van der Waals surface area contributed by atoms with Crippen molar-refractivity contribution in [2.75, 3.05) is 6.61 Å². The minimum atomic E-state index is -1.42. The monoisotopic (exact) mass is 502 g/mol. The lowest BCUT2D eigenvalue weighted by Gasteiger charge is -2.25. The van der Waals surface area contributed by atoms with Crippen LogP contribution in [0.1, 0.15) is 31.5 Å². The van der Waals surface area contributed by atoms with E-state index in [-0.39, 0.29) is 18.8 Å². The molecule has 0 radical (unpaired) electrons. The van der Waals surface area contributed by atoms with Crippen LogP contribution in [0.25, 0.3) is 0 Å². The average molecular weight is 503 g/mol. The summed E-state index contributed by atoms with van der Waals surface area (Å²) in [5.41, 5.74) is 7.39. The van der Waals surface area contributed by atoms with Crippen molar-refractivity contribution in [2.45, 2.75) is 57.3 Å². The third-order valence-corrected chi connectivity index (χ3v) is 5.84. The van der Waals surface area contributed by atoms with Gasteiger partial charge in [0.15, 0.2) is 0 Å². The van der Waals surface area contributed by atoms with Crippen LogP contribution in [-0.2, 0) is 32.0 Å². The maximum Gasteiger partial charge on any atom is 0.326 e. The Bertz CT molecular complexity index is 1000. The van der Waals surface area contributed by atoms with Crippen molar-refractivity contribution >= 4 is 23.7 Å². The number of rotatable bonds is 14. The third kappa shape index (κ3) is 8.47. The summed E-state index contributed by atoms with van der Waals surface area (Å²) in [5, 5.41) is 26.6. The average Bonchev–Trinajstić information content (AvgIpc) is 3.38. The van der Waals surface area contributed by atoms with Crippen LogP contribution < -0.4 is 21.7 Å². The van der Waals surface area contributed by atoms with Crippen LogP contribution in [0.3, 0.4) is 0 Å². The Balaban J connectivity index is 2.13. The standard InChI is InChI=1S/C24H34N6O6/c1-3-14(2)20(24(35)36)30-23(34)19(12-31)29-22(33)18(9-15-7-5-4-6-8-15)28-21(32)17(25)10-16-11-26-13-27-16/h4-8,11,13-14,17-20,31H,3,9-10,12,25H2,1-2H3,(H,26,27)(H,28,32)(H,29,33)(H,30,34)(H,35,36). The molecule has 196 valence electrons. The molecule has 2 aromatic rings. The summed E-state index contributed by atoms with van der Waals surface area (Å²) in [7, 11) is 0. The molecule has 12 heteroatoms. The molecule has 2 rings (SSSR count). The summed E-state index contributed by atoms with van der Waals surface area (Å²) < 4.78 is 0. The van der Waals surface area contributed by atoms with E-state index < -0.39 is 54.5 Å². The van der Waals surface area contributed by atoms with Crippen molar-refractivity contribution in [2.24, 2.45) is 11.7 Å². The first-order chi connectivity index (χ1) is 17.2. The Hall–Kier alpha value is -3.77. The molecule has 12 nitrogen and oxygen atoms in total. The van der Waals surface area contributed by atoms with E-state index in [9.17, 15) is 29.4 Å². The highest BCUT2D eigenvalue weighted by Gasteiger charge is 2.31. The van der Waals surface area contributed by atoms with E-state index in [0.29, 0.717) is 12.1 Å². The summed E-state index contributed by atoms with van der Waals surface area (Å²) in [4.78, 5) is 56.8. The van der Waals surface area contributed by atoms with Gasteiger partial charge < -0.3 is 36.9 Å². The van der Waals surface area contributed by atoms with Crippen LogP contribution in [0.15, 0.2) is 42.9 Å². The number of carbonyl (C=O) groups is 4. The van der Waals surface area contributed by atoms with Crippen LogP contribution in [0.5, 0.6) is 0 Å². The maximum absolute atomic E-state index is 13.1. The first-order valence-electron chi connectivity index (χ1n) is 11.7. The van der Waals surface area contributed by atoms with E-state index in [4.69, 9.17) is 5.73 Å². The van der Waals surface area contributed by atoms with Gasteiger partial charge in [-0.05, 0) is 11.5 Å². The highest BCUT2D eigenvalue weighted by molar-refractivity contribution is 5.94. The van der Waals surface area contributed by atoms with Crippen LogP contribution in [0.2, 0.25) is 0 Å². The second-order valence-electron chi connectivity index (χ2n) is 8.59. The van der Waals surface area contributed by atoms with Crippen LogP contribution in [-0.4, -0.2) is 74.6 Å². The van der Waals surface area contributed by atoms with Gasteiger partial charge in [0.2, 0.25) is 17.7 Å². The minimum Gasteiger partial charge on any atom is -0.480 e. The van der Waals surface area contributed by atoms with Gasteiger partial charge in [-0.25, -0.2) is 9.78 Å². The van der Waals surface area contributed by atoms with Gasteiger partial charge in [0.25, 0.3) is 0 Å². The number of benzene rings is 1. The molecule has 5 unspecified atom stereocenters. The van der Waals surface area contributed by atoms with Gasteiger partial charge in [-0.1, -0.05) is 50.6 Å². The predicted octanol–water partition coefficient (Wildman–Crippen LogP) is -0.900. The number of nitrogens with one attached hydrogen (secondary N) is 4. The molecule has 3 amide bonds. The Labute approximate surface area is 209 Å². The summed E-state index contributed by atoms with van der Waals surface area (Å²) in [6.45, 7) is 2.69. The zero-order valence-corrected chi connectivity index (χ0v) is 20.3. The topological polar surface area (TPSA) is 200 Å². The van der Waals surface area contributed by atoms with Crippen molar-refractivity contribution in [3.05, 3.63) is 54.1 Å². The molecule has 1 aromatic heterocycles. The maximum atomic E-state index is 13.1. The molecular formula is C24H34N6O6. The number of amides is 3. The number of aromatic amines is 1. The fourth-order valence-electron chi connectivity index (χ4n) is 3.47. The van der Waals surface area contributed by atoms with Crippen molar-refractivity contribution in [3.8, 4) is 0 Å². The number of carbonyl (C=O) groups excluding carboxylic acids is 3. The molecule has 0 saturated heterocycles. The Morgan fingerprint density at radius 3 is 2.19 bits per heavy atom. The van der Waals surface area contributed by atoms with Gasteiger partial charge >= 0.3 is 5.97 Å². The molecular weight excluding hydrogens is 468 g/mol. The number of aromatic nitrogens is 2. The zero-order chi connectivity index (χ0) is 26.7. The Morgan fingerprint density at radius 2 is 1.64 bits per heavy atom. The molecule has 0 aliphatic rings. The normalized spacial score (nSPS) is 15.1. The molecule has 0 bridgehead atoms. The fourth-order valence-corrected chi connectivity index (χ4v) is 3.47. The molecule has 1 heterocycles. The largest absolute Gasteiger partial charge is 0.480 e. The van der Waals surface area contributed by atoms with Crippen LogP contribution in [0.4, 0.5) is 0 Å². The van der Waals surface area contributed by atoms with Gasteiger partial charge in [-0.3, -0.25) is 14.4 Å². The number of aliphatic carboxylic acids is 1.